The smallest absolute Gasteiger partial charge is 0.242 e. The highest BCUT2D eigenvalue weighted by atomic mass is 127. The molecule has 13 heavy (non-hydrogen) atoms. The van der Waals surface area contributed by atoms with E-state index in [1.165, 1.54) is 0 Å². The number of pyridine rings is 1. The van der Waals surface area contributed by atoms with Crippen molar-refractivity contribution in [3.63, 3.8) is 0 Å². The average Bonchev–Trinajstić information content (AvgIpc) is 2.07. The molecule has 1 rings (SSSR count). The molecule has 0 amide bonds. The fraction of sp³-hybridized carbons (Fsp3) is 0.286. The predicted octanol–water partition coefficient (Wildman–Crippen LogP) is 3.66. The highest BCUT2D eigenvalue weighted by Crippen LogP contribution is 2.25. The van der Waals surface area contributed by atoms with E-state index in [4.69, 9.17) is 0 Å². The molecule has 0 bridgehead atoms. The lowest BCUT2D eigenvalue weighted by molar-refractivity contribution is 0.149. The third-order valence-electron chi connectivity index (χ3n) is 1.39. The zero-order valence-corrected chi connectivity index (χ0v) is 9.94. The minimum absolute atomic E-state index is 0.142. The molecule has 0 fully saturated rings. The van der Waals surface area contributed by atoms with Crippen molar-refractivity contribution in [2.45, 2.75) is 11.8 Å². The quantitative estimate of drug-likeness (QED) is 0.443. The van der Waals surface area contributed by atoms with Crippen molar-refractivity contribution < 1.29 is 13.2 Å². The Balaban J connectivity index is 3.20. The summed E-state index contributed by atoms with van der Waals surface area (Å²) in [6, 6.07) is 0.829. The molecular formula is C7H4BrF3IN. The van der Waals surface area contributed by atoms with Crippen LogP contribution in [0.25, 0.3) is 0 Å². The van der Waals surface area contributed by atoms with Gasteiger partial charge in [-0.3, -0.25) is 0 Å². The van der Waals surface area contributed by atoms with Crippen LogP contribution in [-0.2, 0) is 5.33 Å². The van der Waals surface area contributed by atoms with E-state index in [-0.39, 0.29) is 20.3 Å². The number of aromatic nitrogens is 1. The van der Waals surface area contributed by atoms with Gasteiger partial charge in [0, 0.05) is 5.33 Å². The minimum atomic E-state index is -2.68. The van der Waals surface area contributed by atoms with Crippen molar-refractivity contribution in [3.05, 3.63) is 26.8 Å². The number of halogens is 5. The summed E-state index contributed by atoms with van der Waals surface area (Å²) in [6.45, 7) is 0. The molecule has 1 aromatic heterocycles. The van der Waals surface area contributed by atoms with E-state index in [0.29, 0.717) is 0 Å². The van der Waals surface area contributed by atoms with Gasteiger partial charge in [0.15, 0.2) is 0 Å². The van der Waals surface area contributed by atoms with Crippen molar-refractivity contribution in [3.8, 4) is 0 Å². The van der Waals surface area contributed by atoms with Gasteiger partial charge >= 0.3 is 0 Å². The van der Waals surface area contributed by atoms with Crippen molar-refractivity contribution >= 4 is 38.5 Å². The second-order valence-corrected chi connectivity index (χ2v) is 3.81. The van der Waals surface area contributed by atoms with Crippen LogP contribution in [0, 0.1) is 9.52 Å². The number of hydrogen-bond donors (Lipinski definition) is 0. The van der Waals surface area contributed by atoms with E-state index < -0.39 is 12.2 Å². The lowest BCUT2D eigenvalue weighted by Crippen LogP contribution is -2.00. The monoisotopic (exact) mass is 365 g/mol. The van der Waals surface area contributed by atoms with E-state index in [0.717, 1.165) is 6.07 Å². The van der Waals surface area contributed by atoms with Gasteiger partial charge in [0.1, 0.15) is 9.52 Å². The van der Waals surface area contributed by atoms with Gasteiger partial charge in [-0.25, -0.2) is 18.2 Å². The van der Waals surface area contributed by atoms with E-state index in [9.17, 15) is 13.2 Å². The summed E-state index contributed by atoms with van der Waals surface area (Å²) < 4.78 is 37.5. The molecule has 0 unspecified atom stereocenters. The largest absolute Gasteiger partial charge is 0.266 e. The van der Waals surface area contributed by atoms with E-state index in [1.54, 1.807) is 22.6 Å². The second kappa shape index (κ2) is 4.59. The molecule has 0 radical (unpaired) electrons. The van der Waals surface area contributed by atoms with Crippen molar-refractivity contribution in [1.29, 1.82) is 0 Å². The fourth-order valence-electron chi connectivity index (χ4n) is 0.763. The van der Waals surface area contributed by atoms with Crippen LogP contribution in [0.5, 0.6) is 0 Å². The average molecular weight is 366 g/mol. The standard InChI is InChI=1S/C7H4BrF3IN/c8-2-5-4(9)1-3(6(10)11)7(12)13-5/h1,6H,2H2. The molecular weight excluding hydrogens is 362 g/mol. The maximum Gasteiger partial charge on any atom is 0.266 e. The van der Waals surface area contributed by atoms with Crippen LogP contribution < -0.4 is 0 Å². The Kier molecular flexibility index (Phi) is 3.96. The van der Waals surface area contributed by atoms with Gasteiger partial charge in [-0.15, -0.1) is 0 Å². The third-order valence-corrected chi connectivity index (χ3v) is 2.79. The summed E-state index contributed by atoms with van der Waals surface area (Å²) in [7, 11) is 0. The second-order valence-electron chi connectivity index (χ2n) is 2.23. The van der Waals surface area contributed by atoms with Crippen molar-refractivity contribution in [2.24, 2.45) is 0 Å². The molecule has 1 aromatic rings. The molecule has 0 aliphatic rings. The Labute approximate surface area is 95.0 Å². The summed E-state index contributed by atoms with van der Waals surface area (Å²) in [4.78, 5) is 3.70. The van der Waals surface area contributed by atoms with Gasteiger partial charge < -0.3 is 0 Å². The van der Waals surface area contributed by atoms with Gasteiger partial charge in [0.05, 0.1) is 11.3 Å². The SMILES string of the molecule is Fc1cc(C(F)F)c(I)nc1CBr. The van der Waals surface area contributed by atoms with Gasteiger partial charge in [0.2, 0.25) is 0 Å². The molecule has 1 heterocycles. The lowest BCUT2D eigenvalue weighted by Gasteiger charge is -2.05. The summed E-state index contributed by atoms with van der Waals surface area (Å²) in [6.07, 6.45) is -2.68. The summed E-state index contributed by atoms with van der Waals surface area (Å²) in [5.41, 5.74) is -0.211. The molecule has 0 aliphatic carbocycles. The van der Waals surface area contributed by atoms with Crippen LogP contribution in [0.2, 0.25) is 0 Å². The molecule has 0 atom stereocenters. The first-order valence-corrected chi connectivity index (χ1v) is 5.45. The number of alkyl halides is 3. The van der Waals surface area contributed by atoms with Crippen molar-refractivity contribution in [2.75, 3.05) is 0 Å². The normalized spacial score (nSPS) is 10.9. The molecule has 0 aromatic carbocycles. The number of rotatable bonds is 2. The maximum absolute atomic E-state index is 13.0. The van der Waals surface area contributed by atoms with Gasteiger partial charge in [-0.1, -0.05) is 15.9 Å². The molecule has 0 saturated carbocycles. The third kappa shape index (κ3) is 2.55. The summed E-state index contributed by atoms with van der Waals surface area (Å²) >= 11 is 4.67. The van der Waals surface area contributed by atoms with Crippen LogP contribution in [-0.4, -0.2) is 4.98 Å². The van der Waals surface area contributed by atoms with Crippen molar-refractivity contribution in [1.82, 2.24) is 4.98 Å². The van der Waals surface area contributed by atoms with Crippen LogP contribution in [0.15, 0.2) is 6.07 Å². The van der Waals surface area contributed by atoms with E-state index in [1.807, 2.05) is 0 Å². The molecule has 0 N–H and O–H groups in total. The first kappa shape index (κ1) is 11.2. The summed E-state index contributed by atoms with van der Waals surface area (Å²) in [5, 5.41) is 0.221. The van der Waals surface area contributed by atoms with E-state index >= 15 is 0 Å². The lowest BCUT2D eigenvalue weighted by atomic mass is 10.2. The Morgan fingerprint density at radius 2 is 2.15 bits per heavy atom. The number of nitrogens with zero attached hydrogens (tertiary/aromatic N) is 1. The molecule has 0 spiro atoms. The predicted molar refractivity (Wildman–Crippen MR) is 54.5 cm³/mol. The van der Waals surface area contributed by atoms with Gasteiger partial charge in [-0.05, 0) is 28.7 Å². The first-order valence-electron chi connectivity index (χ1n) is 3.25. The Morgan fingerprint density at radius 1 is 1.54 bits per heavy atom. The zero-order chi connectivity index (χ0) is 10.0. The fourth-order valence-corrected chi connectivity index (χ4v) is 1.84. The Morgan fingerprint density at radius 3 is 2.62 bits per heavy atom. The molecule has 72 valence electrons. The highest BCUT2D eigenvalue weighted by molar-refractivity contribution is 14.1. The minimum Gasteiger partial charge on any atom is -0.242 e. The Hall–Kier alpha value is 0.150. The Bertz CT molecular complexity index is 319. The maximum atomic E-state index is 13.0. The molecule has 0 aliphatic heterocycles. The molecule has 6 heteroatoms. The topological polar surface area (TPSA) is 12.9 Å². The first-order chi connectivity index (χ1) is 6.06. The van der Waals surface area contributed by atoms with Crippen LogP contribution in [0.4, 0.5) is 13.2 Å². The molecule has 0 saturated heterocycles. The van der Waals surface area contributed by atoms with Crippen LogP contribution in [0.1, 0.15) is 17.7 Å². The van der Waals surface area contributed by atoms with Gasteiger partial charge in [-0.2, -0.15) is 0 Å². The zero-order valence-electron chi connectivity index (χ0n) is 6.20. The summed E-state index contributed by atoms with van der Waals surface area (Å²) in [5.74, 6) is -0.701. The molecule has 1 nitrogen and oxygen atoms in total. The highest BCUT2D eigenvalue weighted by Gasteiger charge is 2.16. The van der Waals surface area contributed by atoms with Crippen LogP contribution in [0.3, 0.4) is 0 Å². The van der Waals surface area contributed by atoms with Crippen LogP contribution >= 0.6 is 38.5 Å². The van der Waals surface area contributed by atoms with E-state index in [2.05, 4.69) is 20.9 Å². The van der Waals surface area contributed by atoms with Gasteiger partial charge in [0.25, 0.3) is 6.43 Å². The number of hydrogen-bond acceptors (Lipinski definition) is 1.